The number of amides is 1. The second-order valence-corrected chi connectivity index (χ2v) is 5.73. The van der Waals surface area contributed by atoms with Crippen LogP contribution < -0.4 is 10.1 Å². The van der Waals surface area contributed by atoms with Crippen molar-refractivity contribution in [3.05, 3.63) is 52.2 Å². The first-order chi connectivity index (χ1) is 9.69. The van der Waals surface area contributed by atoms with Crippen LogP contribution in [0.25, 0.3) is 0 Å². The second-order valence-electron chi connectivity index (χ2n) is 4.79. The Bertz CT molecular complexity index is 611. The summed E-state index contributed by atoms with van der Waals surface area (Å²) in [5.74, 6) is 0.532. The molecule has 2 aromatic rings. The third kappa shape index (κ3) is 2.42. The fourth-order valence-corrected chi connectivity index (χ4v) is 2.99. The van der Waals surface area contributed by atoms with Crippen LogP contribution in [0.1, 0.15) is 21.7 Å². The normalized spacial score (nSPS) is 20.9. The predicted octanol–water partition coefficient (Wildman–Crippen LogP) is 2.15. The van der Waals surface area contributed by atoms with Gasteiger partial charge in [0.15, 0.2) is 0 Å². The molecule has 0 bridgehead atoms. The van der Waals surface area contributed by atoms with Crippen LogP contribution in [0.5, 0.6) is 5.75 Å². The van der Waals surface area contributed by atoms with E-state index in [0.29, 0.717) is 23.7 Å². The van der Waals surface area contributed by atoms with Gasteiger partial charge in [0.1, 0.15) is 11.4 Å². The van der Waals surface area contributed by atoms with Crippen LogP contribution in [-0.4, -0.2) is 24.2 Å². The molecule has 4 nitrogen and oxygen atoms in total. The highest BCUT2D eigenvalue weighted by molar-refractivity contribution is 7.12. The second kappa shape index (κ2) is 5.26. The maximum Gasteiger partial charge on any atom is 0.261 e. The molecule has 0 aliphatic carbocycles. The summed E-state index contributed by atoms with van der Waals surface area (Å²) in [4.78, 5) is 12.6. The van der Waals surface area contributed by atoms with Gasteiger partial charge in [0, 0.05) is 12.0 Å². The lowest BCUT2D eigenvalue weighted by atomic mass is 9.88. The summed E-state index contributed by atoms with van der Waals surface area (Å²) in [5, 5.41) is 15.4. The largest absolute Gasteiger partial charge is 0.493 e. The zero-order valence-electron chi connectivity index (χ0n) is 10.8. The molecule has 2 N–H and O–H groups in total. The Kier molecular flexibility index (Phi) is 3.46. The highest BCUT2D eigenvalue weighted by atomic mass is 32.1. The van der Waals surface area contributed by atoms with Crippen LogP contribution in [0.2, 0.25) is 0 Å². The monoisotopic (exact) mass is 289 g/mol. The van der Waals surface area contributed by atoms with Gasteiger partial charge >= 0.3 is 0 Å². The van der Waals surface area contributed by atoms with Gasteiger partial charge in [-0.3, -0.25) is 4.79 Å². The van der Waals surface area contributed by atoms with Gasteiger partial charge < -0.3 is 15.2 Å². The first-order valence-corrected chi connectivity index (χ1v) is 7.33. The number of carbonyl (C=O) groups excluding carboxylic acids is 1. The van der Waals surface area contributed by atoms with Crippen molar-refractivity contribution in [3.8, 4) is 5.75 Å². The number of para-hydroxylation sites is 1. The van der Waals surface area contributed by atoms with Gasteiger partial charge in [0.2, 0.25) is 0 Å². The predicted molar refractivity (Wildman–Crippen MR) is 77.1 cm³/mol. The van der Waals surface area contributed by atoms with E-state index < -0.39 is 5.60 Å². The van der Waals surface area contributed by atoms with Crippen LogP contribution in [0.4, 0.5) is 0 Å². The molecule has 104 valence electrons. The molecule has 5 heteroatoms. The summed E-state index contributed by atoms with van der Waals surface area (Å²) < 4.78 is 5.53. The number of ether oxygens (including phenoxy) is 1. The minimum absolute atomic E-state index is 0.155. The van der Waals surface area contributed by atoms with Gasteiger partial charge in [0.25, 0.3) is 5.91 Å². The van der Waals surface area contributed by atoms with Crippen molar-refractivity contribution in [3.63, 3.8) is 0 Å². The molecule has 1 aromatic carbocycles. The fourth-order valence-electron chi connectivity index (χ4n) is 2.35. The third-order valence-electron chi connectivity index (χ3n) is 3.45. The van der Waals surface area contributed by atoms with Crippen molar-refractivity contribution in [1.29, 1.82) is 0 Å². The van der Waals surface area contributed by atoms with E-state index in [4.69, 9.17) is 4.74 Å². The van der Waals surface area contributed by atoms with Crippen molar-refractivity contribution in [2.45, 2.75) is 12.0 Å². The van der Waals surface area contributed by atoms with Gasteiger partial charge in [-0.2, -0.15) is 0 Å². The zero-order chi connectivity index (χ0) is 14.0. The SMILES string of the molecule is O=C(NCC1(O)CCOc2ccccc21)c1cccs1. The smallest absolute Gasteiger partial charge is 0.261 e. The molecule has 0 spiro atoms. The highest BCUT2D eigenvalue weighted by Crippen LogP contribution is 2.36. The van der Waals surface area contributed by atoms with E-state index in [0.717, 1.165) is 5.56 Å². The fraction of sp³-hybridized carbons (Fsp3) is 0.267. The van der Waals surface area contributed by atoms with E-state index in [-0.39, 0.29) is 12.5 Å². The molecule has 1 amide bonds. The Morgan fingerprint density at radius 3 is 3.00 bits per heavy atom. The maximum absolute atomic E-state index is 12.0. The zero-order valence-corrected chi connectivity index (χ0v) is 11.7. The van der Waals surface area contributed by atoms with Crippen molar-refractivity contribution in [2.24, 2.45) is 0 Å². The molecule has 1 aliphatic heterocycles. The molecule has 2 heterocycles. The maximum atomic E-state index is 12.0. The van der Waals surface area contributed by atoms with Crippen molar-refractivity contribution < 1.29 is 14.6 Å². The minimum atomic E-state index is -1.07. The van der Waals surface area contributed by atoms with Crippen molar-refractivity contribution in [1.82, 2.24) is 5.32 Å². The Hall–Kier alpha value is -1.85. The first kappa shape index (κ1) is 13.1. The molecule has 1 aromatic heterocycles. The van der Waals surface area contributed by atoms with E-state index in [1.807, 2.05) is 35.7 Å². The number of nitrogens with one attached hydrogen (secondary N) is 1. The molecule has 1 atom stereocenters. The molecule has 1 unspecified atom stereocenters. The Morgan fingerprint density at radius 2 is 2.20 bits per heavy atom. The topological polar surface area (TPSA) is 58.6 Å². The Morgan fingerprint density at radius 1 is 1.35 bits per heavy atom. The number of carbonyl (C=O) groups is 1. The highest BCUT2D eigenvalue weighted by Gasteiger charge is 2.35. The molecular weight excluding hydrogens is 274 g/mol. The Labute approximate surface area is 121 Å². The summed E-state index contributed by atoms with van der Waals surface area (Å²) in [7, 11) is 0. The molecule has 0 saturated carbocycles. The molecule has 0 fully saturated rings. The average Bonchev–Trinajstić information content (AvgIpc) is 3.00. The van der Waals surface area contributed by atoms with Crippen molar-refractivity contribution >= 4 is 17.2 Å². The quantitative estimate of drug-likeness (QED) is 0.910. The number of fused-ring (bicyclic) bond motifs is 1. The van der Waals surface area contributed by atoms with Gasteiger partial charge in [-0.05, 0) is 17.5 Å². The van der Waals surface area contributed by atoms with Gasteiger partial charge in [-0.15, -0.1) is 11.3 Å². The van der Waals surface area contributed by atoms with Gasteiger partial charge in [0.05, 0.1) is 18.0 Å². The minimum Gasteiger partial charge on any atom is -0.493 e. The molecule has 1 aliphatic rings. The van der Waals surface area contributed by atoms with Crippen LogP contribution in [0.15, 0.2) is 41.8 Å². The van der Waals surface area contributed by atoms with Crippen LogP contribution in [-0.2, 0) is 5.60 Å². The number of thiophene rings is 1. The van der Waals surface area contributed by atoms with Crippen LogP contribution in [0, 0.1) is 0 Å². The summed E-state index contributed by atoms with van der Waals surface area (Å²) in [6.07, 6.45) is 0.467. The Balaban J connectivity index is 1.76. The third-order valence-corrected chi connectivity index (χ3v) is 4.32. The number of aliphatic hydroxyl groups is 1. The lowest BCUT2D eigenvalue weighted by Gasteiger charge is -2.34. The number of hydrogen-bond donors (Lipinski definition) is 2. The first-order valence-electron chi connectivity index (χ1n) is 6.45. The van der Waals surface area contributed by atoms with E-state index in [1.165, 1.54) is 11.3 Å². The number of rotatable bonds is 3. The molecule has 0 saturated heterocycles. The summed E-state index contributed by atoms with van der Waals surface area (Å²) in [5.41, 5.74) is -0.334. The summed E-state index contributed by atoms with van der Waals surface area (Å²) in [6, 6.07) is 11.0. The van der Waals surface area contributed by atoms with Crippen LogP contribution >= 0.6 is 11.3 Å². The van der Waals surface area contributed by atoms with E-state index in [2.05, 4.69) is 5.32 Å². The van der Waals surface area contributed by atoms with E-state index in [1.54, 1.807) is 6.07 Å². The molecule has 0 radical (unpaired) electrons. The van der Waals surface area contributed by atoms with E-state index in [9.17, 15) is 9.90 Å². The standard InChI is InChI=1S/C15H15NO3S/c17-14(13-6-3-9-20-13)16-10-15(18)7-8-19-12-5-2-1-4-11(12)15/h1-6,9,18H,7-8,10H2,(H,16,17). The number of benzene rings is 1. The van der Waals surface area contributed by atoms with Gasteiger partial charge in [-0.1, -0.05) is 24.3 Å². The van der Waals surface area contributed by atoms with Crippen LogP contribution in [0.3, 0.4) is 0 Å². The molecule has 20 heavy (non-hydrogen) atoms. The lowest BCUT2D eigenvalue weighted by molar-refractivity contribution is -0.00157. The molecular formula is C15H15NO3S. The molecule has 3 rings (SSSR count). The van der Waals surface area contributed by atoms with Gasteiger partial charge in [-0.25, -0.2) is 0 Å². The van der Waals surface area contributed by atoms with E-state index >= 15 is 0 Å². The summed E-state index contributed by atoms with van der Waals surface area (Å²) in [6.45, 7) is 0.631. The average molecular weight is 289 g/mol. The number of hydrogen-bond acceptors (Lipinski definition) is 4. The summed E-state index contributed by atoms with van der Waals surface area (Å²) >= 11 is 1.38. The lowest BCUT2D eigenvalue weighted by Crippen LogP contribution is -2.43. The van der Waals surface area contributed by atoms with Crippen molar-refractivity contribution in [2.75, 3.05) is 13.2 Å².